The van der Waals surface area contributed by atoms with Crippen LogP contribution in [0, 0.1) is 5.41 Å². The first-order chi connectivity index (χ1) is 5.92. The van der Waals surface area contributed by atoms with Gasteiger partial charge in [-0.2, -0.15) is 5.10 Å². The topological polar surface area (TPSA) is 55.1 Å². The lowest BCUT2D eigenvalue weighted by Gasteiger charge is -2.18. The monoisotopic (exact) mass is 202 g/mol. The van der Waals surface area contributed by atoms with Crippen LogP contribution in [0.5, 0.6) is 0 Å². The molecule has 0 spiro atoms. The highest BCUT2D eigenvalue weighted by Gasteiger charge is 2.27. The average Bonchev–Trinajstić information content (AvgIpc) is 2.34. The second-order valence-corrected chi connectivity index (χ2v) is 3.98. The maximum Gasteiger partial charge on any atom is 0.310 e. The number of carboxylic acids is 1. The number of hydrogen-bond donors (Lipinski definition) is 1. The molecule has 0 amide bonds. The molecule has 1 aromatic heterocycles. The van der Waals surface area contributed by atoms with Crippen LogP contribution in [0.2, 0.25) is 5.02 Å². The molecule has 0 aliphatic heterocycles. The molecule has 0 bridgehead atoms. The van der Waals surface area contributed by atoms with Gasteiger partial charge in [0, 0.05) is 6.20 Å². The molecule has 0 saturated carbocycles. The summed E-state index contributed by atoms with van der Waals surface area (Å²) >= 11 is 5.64. The van der Waals surface area contributed by atoms with Crippen molar-refractivity contribution in [2.75, 3.05) is 0 Å². The Balaban J connectivity index is 2.74. The van der Waals surface area contributed by atoms with E-state index in [1.54, 1.807) is 20.0 Å². The number of carbonyl (C=O) groups is 1. The first-order valence-electron chi connectivity index (χ1n) is 3.83. The largest absolute Gasteiger partial charge is 0.481 e. The Kier molecular flexibility index (Phi) is 2.61. The van der Waals surface area contributed by atoms with Crippen molar-refractivity contribution in [3.05, 3.63) is 17.4 Å². The Labute approximate surface area is 81.1 Å². The molecular formula is C8H11ClN2O2. The maximum atomic E-state index is 10.8. The normalized spacial score (nSPS) is 11.6. The van der Waals surface area contributed by atoms with Gasteiger partial charge in [0.15, 0.2) is 0 Å². The molecule has 0 atom stereocenters. The lowest BCUT2D eigenvalue weighted by molar-refractivity contribution is -0.147. The van der Waals surface area contributed by atoms with Crippen molar-refractivity contribution < 1.29 is 9.90 Å². The summed E-state index contributed by atoms with van der Waals surface area (Å²) in [6.07, 6.45) is 3.09. The summed E-state index contributed by atoms with van der Waals surface area (Å²) < 4.78 is 1.52. The molecule has 1 N–H and O–H groups in total. The number of carboxylic acid groups (broad SMARTS) is 1. The summed E-state index contributed by atoms with van der Waals surface area (Å²) in [6.45, 7) is 3.60. The Bertz CT molecular complexity index is 320. The fraction of sp³-hybridized carbons (Fsp3) is 0.500. The van der Waals surface area contributed by atoms with Gasteiger partial charge < -0.3 is 5.11 Å². The SMILES string of the molecule is CC(C)(Cn1cc(Cl)cn1)C(=O)O. The van der Waals surface area contributed by atoms with Crippen LogP contribution in [0.15, 0.2) is 12.4 Å². The molecule has 4 nitrogen and oxygen atoms in total. The third-order valence-electron chi connectivity index (χ3n) is 1.74. The Morgan fingerprint density at radius 3 is 2.77 bits per heavy atom. The Hall–Kier alpha value is -1.03. The van der Waals surface area contributed by atoms with Crippen LogP contribution < -0.4 is 0 Å². The fourth-order valence-electron chi connectivity index (χ4n) is 0.897. The van der Waals surface area contributed by atoms with Gasteiger partial charge in [-0.1, -0.05) is 11.6 Å². The van der Waals surface area contributed by atoms with Crippen molar-refractivity contribution >= 4 is 17.6 Å². The van der Waals surface area contributed by atoms with Crippen LogP contribution in [0.1, 0.15) is 13.8 Å². The lowest BCUT2D eigenvalue weighted by atomic mass is 9.94. The summed E-state index contributed by atoms with van der Waals surface area (Å²) in [5.41, 5.74) is -0.824. The third-order valence-corrected chi connectivity index (χ3v) is 1.93. The van der Waals surface area contributed by atoms with E-state index in [4.69, 9.17) is 16.7 Å². The van der Waals surface area contributed by atoms with E-state index in [1.165, 1.54) is 10.9 Å². The quantitative estimate of drug-likeness (QED) is 0.811. The molecule has 1 rings (SSSR count). The van der Waals surface area contributed by atoms with Crippen molar-refractivity contribution in [1.29, 1.82) is 0 Å². The number of aromatic nitrogens is 2. The molecule has 0 saturated heterocycles. The molecule has 0 aromatic carbocycles. The van der Waals surface area contributed by atoms with Gasteiger partial charge in [-0.15, -0.1) is 0 Å². The Morgan fingerprint density at radius 2 is 2.38 bits per heavy atom. The summed E-state index contributed by atoms with van der Waals surface area (Å²) in [6, 6.07) is 0. The van der Waals surface area contributed by atoms with Crippen LogP contribution in [-0.2, 0) is 11.3 Å². The molecule has 72 valence electrons. The van der Waals surface area contributed by atoms with Gasteiger partial charge in [-0.05, 0) is 13.8 Å². The van der Waals surface area contributed by atoms with Gasteiger partial charge >= 0.3 is 5.97 Å². The number of aliphatic carboxylic acids is 1. The minimum Gasteiger partial charge on any atom is -0.481 e. The van der Waals surface area contributed by atoms with Crippen molar-refractivity contribution in [1.82, 2.24) is 9.78 Å². The molecule has 0 aliphatic rings. The molecule has 13 heavy (non-hydrogen) atoms. The minimum absolute atomic E-state index is 0.315. The molecular weight excluding hydrogens is 192 g/mol. The summed E-state index contributed by atoms with van der Waals surface area (Å²) in [4.78, 5) is 10.8. The first-order valence-corrected chi connectivity index (χ1v) is 4.21. The highest BCUT2D eigenvalue weighted by molar-refractivity contribution is 6.30. The van der Waals surface area contributed by atoms with Crippen molar-refractivity contribution in [2.24, 2.45) is 5.41 Å². The number of rotatable bonds is 3. The minimum atomic E-state index is -0.848. The highest BCUT2D eigenvalue weighted by atomic mass is 35.5. The van der Waals surface area contributed by atoms with E-state index in [1.807, 2.05) is 0 Å². The Morgan fingerprint density at radius 1 is 1.77 bits per heavy atom. The second kappa shape index (κ2) is 3.38. The molecule has 0 radical (unpaired) electrons. The van der Waals surface area contributed by atoms with Crippen molar-refractivity contribution in [3.63, 3.8) is 0 Å². The van der Waals surface area contributed by atoms with Crippen LogP contribution in [0.3, 0.4) is 0 Å². The summed E-state index contributed by atoms with van der Waals surface area (Å²) in [5.74, 6) is -0.848. The van der Waals surface area contributed by atoms with Crippen LogP contribution in [0.25, 0.3) is 0 Å². The van der Waals surface area contributed by atoms with E-state index in [0.717, 1.165) is 0 Å². The number of halogens is 1. The number of nitrogens with zero attached hydrogens (tertiary/aromatic N) is 2. The van der Waals surface area contributed by atoms with E-state index in [0.29, 0.717) is 11.6 Å². The molecule has 1 heterocycles. The van der Waals surface area contributed by atoms with Gasteiger partial charge in [-0.25, -0.2) is 0 Å². The molecule has 0 aliphatic carbocycles. The second-order valence-electron chi connectivity index (χ2n) is 3.55. The standard InChI is InChI=1S/C8H11ClN2O2/c1-8(2,7(12)13)5-11-4-6(9)3-10-11/h3-4H,5H2,1-2H3,(H,12,13). The molecule has 0 fully saturated rings. The van der Waals surface area contributed by atoms with Crippen molar-refractivity contribution in [2.45, 2.75) is 20.4 Å². The maximum absolute atomic E-state index is 10.8. The molecule has 0 unspecified atom stereocenters. The van der Waals surface area contributed by atoms with E-state index in [-0.39, 0.29) is 0 Å². The van der Waals surface area contributed by atoms with Crippen LogP contribution in [0.4, 0.5) is 0 Å². The summed E-state index contributed by atoms with van der Waals surface area (Å²) in [5, 5.41) is 13.3. The van der Waals surface area contributed by atoms with Gasteiger partial charge in [0.2, 0.25) is 0 Å². The zero-order chi connectivity index (χ0) is 10.1. The van der Waals surface area contributed by atoms with E-state index < -0.39 is 11.4 Å². The highest BCUT2D eigenvalue weighted by Crippen LogP contribution is 2.18. The van der Waals surface area contributed by atoms with E-state index in [2.05, 4.69) is 5.10 Å². The van der Waals surface area contributed by atoms with Crippen molar-refractivity contribution in [3.8, 4) is 0 Å². The lowest BCUT2D eigenvalue weighted by Crippen LogP contribution is -2.29. The third kappa shape index (κ3) is 2.45. The van der Waals surface area contributed by atoms with Gasteiger partial charge in [0.05, 0.1) is 23.2 Å². The first kappa shape index (κ1) is 10.1. The van der Waals surface area contributed by atoms with Gasteiger partial charge in [0.25, 0.3) is 0 Å². The van der Waals surface area contributed by atoms with Gasteiger partial charge in [0.1, 0.15) is 0 Å². The van der Waals surface area contributed by atoms with E-state index in [9.17, 15) is 4.79 Å². The molecule has 1 aromatic rings. The zero-order valence-electron chi connectivity index (χ0n) is 7.49. The van der Waals surface area contributed by atoms with E-state index >= 15 is 0 Å². The predicted molar refractivity (Wildman–Crippen MR) is 48.7 cm³/mol. The molecule has 5 heteroatoms. The van der Waals surface area contributed by atoms with Crippen LogP contribution >= 0.6 is 11.6 Å². The fourth-order valence-corrected chi connectivity index (χ4v) is 1.05. The zero-order valence-corrected chi connectivity index (χ0v) is 8.25. The van der Waals surface area contributed by atoms with Gasteiger partial charge in [-0.3, -0.25) is 9.48 Å². The number of hydrogen-bond acceptors (Lipinski definition) is 2. The average molecular weight is 203 g/mol. The van der Waals surface area contributed by atoms with Crippen LogP contribution in [-0.4, -0.2) is 20.9 Å². The smallest absolute Gasteiger partial charge is 0.310 e. The predicted octanol–water partition coefficient (Wildman–Crippen LogP) is 1.65. The summed E-state index contributed by atoms with van der Waals surface area (Å²) in [7, 11) is 0.